The molecule has 1 saturated heterocycles. The van der Waals surface area contributed by atoms with Gasteiger partial charge >= 0.3 is 12.0 Å². The van der Waals surface area contributed by atoms with Gasteiger partial charge in [-0.3, -0.25) is 9.59 Å². The highest BCUT2D eigenvalue weighted by molar-refractivity contribution is 5.84. The summed E-state index contributed by atoms with van der Waals surface area (Å²) in [5.41, 5.74) is 5.27. The number of nitrogens with zero attached hydrogens (tertiary/aromatic N) is 2. The molecule has 2 rings (SSSR count). The molecule has 1 aliphatic heterocycles. The summed E-state index contributed by atoms with van der Waals surface area (Å²) in [5.74, 6) is -1.42. The lowest BCUT2D eigenvalue weighted by molar-refractivity contribution is -0.138. The van der Waals surface area contributed by atoms with Gasteiger partial charge in [0.05, 0.1) is 6.42 Å². The van der Waals surface area contributed by atoms with Crippen LogP contribution in [0.4, 0.5) is 4.79 Å². The number of amides is 3. The molecule has 0 aromatic carbocycles. The number of hydrogen-bond acceptors (Lipinski definition) is 3. The van der Waals surface area contributed by atoms with E-state index in [1.54, 1.807) is 9.80 Å². The first-order chi connectivity index (χ1) is 9.99. The Morgan fingerprint density at radius 3 is 2.38 bits per heavy atom. The Morgan fingerprint density at radius 2 is 1.81 bits per heavy atom. The number of aliphatic carboxylic acids is 1. The number of rotatable bonds is 5. The molecule has 21 heavy (non-hydrogen) atoms. The van der Waals surface area contributed by atoms with Crippen molar-refractivity contribution >= 4 is 17.9 Å². The van der Waals surface area contributed by atoms with Crippen molar-refractivity contribution in [1.82, 2.24) is 9.80 Å². The van der Waals surface area contributed by atoms with Crippen LogP contribution >= 0.6 is 0 Å². The maximum absolute atomic E-state index is 12.7. The molecule has 1 aliphatic carbocycles. The number of primary amides is 1. The van der Waals surface area contributed by atoms with Crippen LogP contribution in [0.1, 0.15) is 44.9 Å². The Balaban J connectivity index is 2.08. The van der Waals surface area contributed by atoms with Crippen molar-refractivity contribution in [3.05, 3.63) is 0 Å². The largest absolute Gasteiger partial charge is 0.481 e. The van der Waals surface area contributed by atoms with E-state index in [2.05, 4.69) is 0 Å². The number of carboxylic acid groups (broad SMARTS) is 1. The maximum Gasteiger partial charge on any atom is 0.320 e. The minimum atomic E-state index is -0.901. The highest BCUT2D eigenvalue weighted by Gasteiger charge is 2.36. The number of carboxylic acids is 1. The molecule has 3 amide bonds. The van der Waals surface area contributed by atoms with E-state index < -0.39 is 11.9 Å². The highest BCUT2D eigenvalue weighted by Crippen LogP contribution is 2.27. The summed E-state index contributed by atoms with van der Waals surface area (Å²) in [5, 5.41) is 8.94. The summed E-state index contributed by atoms with van der Waals surface area (Å²) >= 11 is 0. The predicted molar refractivity (Wildman–Crippen MR) is 75.5 cm³/mol. The monoisotopic (exact) mass is 297 g/mol. The minimum absolute atomic E-state index is 0.0409. The number of likely N-dealkylation sites (tertiary alicyclic amines) is 1. The van der Waals surface area contributed by atoms with Crippen molar-refractivity contribution in [2.45, 2.75) is 57.0 Å². The van der Waals surface area contributed by atoms with Gasteiger partial charge in [0.1, 0.15) is 6.54 Å². The smallest absolute Gasteiger partial charge is 0.320 e. The van der Waals surface area contributed by atoms with Crippen LogP contribution < -0.4 is 5.73 Å². The van der Waals surface area contributed by atoms with Gasteiger partial charge in [-0.15, -0.1) is 0 Å². The van der Waals surface area contributed by atoms with Gasteiger partial charge in [0.25, 0.3) is 0 Å². The van der Waals surface area contributed by atoms with Crippen LogP contribution in [-0.4, -0.2) is 58.0 Å². The topological polar surface area (TPSA) is 104 Å². The molecule has 1 saturated carbocycles. The number of nitrogens with two attached hydrogens (primary N) is 1. The fourth-order valence-corrected chi connectivity index (χ4v) is 3.40. The lowest BCUT2D eigenvalue weighted by atomic mass is 10.1. The van der Waals surface area contributed by atoms with Gasteiger partial charge in [-0.05, 0) is 25.7 Å². The van der Waals surface area contributed by atoms with Crippen LogP contribution in [0.3, 0.4) is 0 Å². The van der Waals surface area contributed by atoms with E-state index >= 15 is 0 Å². The first-order valence-electron chi connectivity index (χ1n) is 7.56. The molecule has 2 aliphatic rings. The second kappa shape index (κ2) is 6.78. The second-order valence-electron chi connectivity index (χ2n) is 5.90. The molecule has 1 unspecified atom stereocenters. The average Bonchev–Trinajstić information content (AvgIpc) is 3.05. The molecular weight excluding hydrogens is 274 g/mol. The quantitative estimate of drug-likeness (QED) is 0.782. The molecule has 0 bridgehead atoms. The number of hydrogen-bond donors (Lipinski definition) is 2. The zero-order valence-corrected chi connectivity index (χ0v) is 12.2. The molecule has 1 heterocycles. The van der Waals surface area contributed by atoms with Crippen LogP contribution in [0.2, 0.25) is 0 Å². The van der Waals surface area contributed by atoms with E-state index in [4.69, 9.17) is 10.8 Å². The fraction of sp³-hybridized carbons (Fsp3) is 0.786. The molecule has 7 heteroatoms. The van der Waals surface area contributed by atoms with Crippen molar-refractivity contribution in [3.8, 4) is 0 Å². The minimum Gasteiger partial charge on any atom is -0.481 e. The van der Waals surface area contributed by atoms with Crippen molar-refractivity contribution < 1.29 is 19.5 Å². The van der Waals surface area contributed by atoms with Crippen molar-refractivity contribution in [1.29, 1.82) is 0 Å². The molecule has 0 radical (unpaired) electrons. The van der Waals surface area contributed by atoms with Crippen LogP contribution in [0.15, 0.2) is 0 Å². The lowest BCUT2D eigenvalue weighted by Crippen LogP contribution is -2.52. The fourth-order valence-electron chi connectivity index (χ4n) is 3.40. The normalized spacial score (nSPS) is 22.5. The molecule has 1 atom stereocenters. The van der Waals surface area contributed by atoms with E-state index in [1.165, 1.54) is 0 Å². The molecule has 0 aromatic heterocycles. The molecule has 0 aromatic rings. The third-order valence-corrected chi connectivity index (χ3v) is 4.37. The molecule has 0 spiro atoms. The van der Waals surface area contributed by atoms with Crippen molar-refractivity contribution in [2.24, 2.45) is 5.73 Å². The van der Waals surface area contributed by atoms with Crippen molar-refractivity contribution in [3.63, 3.8) is 0 Å². The zero-order valence-electron chi connectivity index (χ0n) is 12.2. The molecular formula is C14H23N3O4. The summed E-state index contributed by atoms with van der Waals surface area (Å²) in [6, 6.07) is -0.452. The second-order valence-corrected chi connectivity index (χ2v) is 5.90. The Labute approximate surface area is 124 Å². The highest BCUT2D eigenvalue weighted by atomic mass is 16.4. The van der Waals surface area contributed by atoms with Gasteiger partial charge in [0.2, 0.25) is 5.91 Å². The number of carbonyl (C=O) groups is 3. The SMILES string of the molecule is NC(=O)CN(C(=O)N1CCCC1CC(=O)O)C1CCCC1. The van der Waals surface area contributed by atoms with Gasteiger partial charge < -0.3 is 20.6 Å². The first kappa shape index (κ1) is 15.6. The van der Waals surface area contributed by atoms with E-state index in [0.29, 0.717) is 13.0 Å². The predicted octanol–water partition coefficient (Wildman–Crippen LogP) is 0.775. The Morgan fingerprint density at radius 1 is 1.14 bits per heavy atom. The summed E-state index contributed by atoms with van der Waals surface area (Å²) in [4.78, 5) is 38.0. The molecule has 7 nitrogen and oxygen atoms in total. The van der Waals surface area contributed by atoms with Crippen LogP contribution in [0.25, 0.3) is 0 Å². The number of carbonyl (C=O) groups excluding carboxylic acids is 2. The Bertz CT molecular complexity index is 420. The summed E-state index contributed by atoms with van der Waals surface area (Å²) in [6.07, 6.45) is 5.33. The summed E-state index contributed by atoms with van der Waals surface area (Å²) < 4.78 is 0. The van der Waals surface area contributed by atoms with Crippen molar-refractivity contribution in [2.75, 3.05) is 13.1 Å². The van der Waals surface area contributed by atoms with Gasteiger partial charge in [-0.1, -0.05) is 12.8 Å². The molecule has 2 fully saturated rings. The Hall–Kier alpha value is -1.79. The standard InChI is InChI=1S/C14H23N3O4/c15-12(18)9-17(10-4-1-2-5-10)14(21)16-7-3-6-11(16)8-13(19)20/h10-11H,1-9H2,(H2,15,18)(H,19,20). The van der Waals surface area contributed by atoms with E-state index in [9.17, 15) is 14.4 Å². The van der Waals surface area contributed by atoms with Gasteiger partial charge in [-0.25, -0.2) is 4.79 Å². The van der Waals surface area contributed by atoms with Gasteiger partial charge in [-0.2, -0.15) is 0 Å². The van der Waals surface area contributed by atoms with Crippen LogP contribution in [0, 0.1) is 0 Å². The third-order valence-electron chi connectivity index (χ3n) is 4.37. The van der Waals surface area contributed by atoms with Gasteiger partial charge in [0.15, 0.2) is 0 Å². The maximum atomic E-state index is 12.7. The molecule has 3 N–H and O–H groups in total. The average molecular weight is 297 g/mol. The summed E-state index contributed by atoms with van der Waals surface area (Å²) in [6.45, 7) is 0.471. The first-order valence-corrected chi connectivity index (χ1v) is 7.56. The van der Waals surface area contributed by atoms with E-state index in [0.717, 1.165) is 32.1 Å². The third kappa shape index (κ3) is 3.86. The van der Waals surface area contributed by atoms with Crippen LogP contribution in [-0.2, 0) is 9.59 Å². The lowest BCUT2D eigenvalue weighted by Gasteiger charge is -2.34. The summed E-state index contributed by atoms with van der Waals surface area (Å²) in [7, 11) is 0. The van der Waals surface area contributed by atoms with E-state index in [-0.39, 0.29) is 31.1 Å². The molecule has 118 valence electrons. The zero-order chi connectivity index (χ0) is 15.4. The number of urea groups is 1. The van der Waals surface area contributed by atoms with Gasteiger partial charge in [0, 0.05) is 18.6 Å². The van der Waals surface area contributed by atoms with E-state index in [1.807, 2.05) is 0 Å². The Kier molecular flexibility index (Phi) is 5.03. The van der Waals surface area contributed by atoms with Crippen LogP contribution in [0.5, 0.6) is 0 Å².